The van der Waals surface area contributed by atoms with E-state index < -0.39 is 0 Å². The SMILES string of the molecule is COCc1ccc(C(=O)N[C@H]2CCCN(Cc3cccnc3)C2)o1. The van der Waals surface area contributed by atoms with Crippen molar-refractivity contribution in [2.75, 3.05) is 20.2 Å². The number of pyridine rings is 1. The van der Waals surface area contributed by atoms with Crippen LogP contribution in [0, 0.1) is 0 Å². The number of nitrogens with zero attached hydrogens (tertiary/aromatic N) is 2. The van der Waals surface area contributed by atoms with Crippen molar-refractivity contribution in [2.24, 2.45) is 0 Å². The minimum Gasteiger partial charge on any atom is -0.453 e. The van der Waals surface area contributed by atoms with E-state index in [0.29, 0.717) is 18.1 Å². The van der Waals surface area contributed by atoms with Gasteiger partial charge in [-0.3, -0.25) is 14.7 Å². The first-order valence-electron chi connectivity index (χ1n) is 8.24. The van der Waals surface area contributed by atoms with Crippen molar-refractivity contribution in [3.05, 3.63) is 53.7 Å². The van der Waals surface area contributed by atoms with Crippen molar-refractivity contribution < 1.29 is 13.9 Å². The third kappa shape index (κ3) is 4.43. The molecule has 3 rings (SSSR count). The van der Waals surface area contributed by atoms with Crippen molar-refractivity contribution in [3.63, 3.8) is 0 Å². The number of nitrogens with one attached hydrogen (secondary N) is 1. The van der Waals surface area contributed by atoms with Gasteiger partial charge in [0, 0.05) is 38.6 Å². The van der Waals surface area contributed by atoms with E-state index in [1.54, 1.807) is 25.4 Å². The minimum absolute atomic E-state index is 0.138. The first-order valence-corrected chi connectivity index (χ1v) is 8.24. The quantitative estimate of drug-likeness (QED) is 0.880. The molecule has 6 heteroatoms. The minimum atomic E-state index is -0.161. The number of hydrogen-bond acceptors (Lipinski definition) is 5. The Labute approximate surface area is 141 Å². The lowest BCUT2D eigenvalue weighted by Gasteiger charge is -2.32. The van der Waals surface area contributed by atoms with Crippen molar-refractivity contribution in [1.82, 2.24) is 15.2 Å². The van der Waals surface area contributed by atoms with Crippen LogP contribution in [0.2, 0.25) is 0 Å². The molecule has 6 nitrogen and oxygen atoms in total. The number of likely N-dealkylation sites (tertiary alicyclic amines) is 1. The molecule has 24 heavy (non-hydrogen) atoms. The van der Waals surface area contributed by atoms with E-state index in [1.165, 1.54) is 5.56 Å². The molecule has 2 aromatic heterocycles. The molecule has 0 bridgehead atoms. The van der Waals surface area contributed by atoms with Gasteiger partial charge in [0.1, 0.15) is 12.4 Å². The van der Waals surface area contributed by atoms with Gasteiger partial charge in [-0.25, -0.2) is 0 Å². The highest BCUT2D eigenvalue weighted by atomic mass is 16.5. The van der Waals surface area contributed by atoms with E-state index >= 15 is 0 Å². The van der Waals surface area contributed by atoms with Gasteiger partial charge in [-0.05, 0) is 43.1 Å². The second-order valence-corrected chi connectivity index (χ2v) is 6.11. The number of carbonyl (C=O) groups is 1. The Morgan fingerprint density at radius 2 is 2.38 bits per heavy atom. The highest BCUT2D eigenvalue weighted by molar-refractivity contribution is 5.91. The summed E-state index contributed by atoms with van der Waals surface area (Å²) >= 11 is 0. The number of carbonyl (C=O) groups excluding carboxylic acids is 1. The molecule has 1 atom stereocenters. The van der Waals surface area contributed by atoms with E-state index in [1.807, 2.05) is 12.3 Å². The second kappa shape index (κ2) is 8.08. The van der Waals surface area contributed by atoms with Gasteiger partial charge in [-0.1, -0.05) is 6.07 Å². The summed E-state index contributed by atoms with van der Waals surface area (Å²) in [7, 11) is 1.60. The summed E-state index contributed by atoms with van der Waals surface area (Å²) in [6.07, 6.45) is 5.73. The molecule has 128 valence electrons. The van der Waals surface area contributed by atoms with E-state index in [9.17, 15) is 4.79 Å². The molecule has 1 fully saturated rings. The summed E-state index contributed by atoms with van der Waals surface area (Å²) in [4.78, 5) is 18.8. The zero-order chi connectivity index (χ0) is 16.8. The maximum Gasteiger partial charge on any atom is 0.287 e. The summed E-state index contributed by atoms with van der Waals surface area (Å²) < 4.78 is 10.5. The Hall–Kier alpha value is -2.18. The van der Waals surface area contributed by atoms with Crippen LogP contribution in [0.5, 0.6) is 0 Å². The number of ether oxygens (including phenoxy) is 1. The van der Waals surface area contributed by atoms with Crippen LogP contribution >= 0.6 is 0 Å². The fourth-order valence-electron chi connectivity index (χ4n) is 3.04. The smallest absolute Gasteiger partial charge is 0.287 e. The van der Waals surface area contributed by atoms with Crippen molar-refractivity contribution in [2.45, 2.75) is 32.0 Å². The van der Waals surface area contributed by atoms with Crippen LogP contribution in [0.3, 0.4) is 0 Å². The molecule has 1 saturated heterocycles. The number of furan rings is 1. The molecule has 1 aliphatic heterocycles. The number of methoxy groups -OCH3 is 1. The molecular formula is C18H23N3O3. The van der Waals surface area contributed by atoms with Gasteiger partial charge in [0.15, 0.2) is 5.76 Å². The number of rotatable bonds is 6. The average Bonchev–Trinajstić information content (AvgIpc) is 3.05. The van der Waals surface area contributed by atoms with Gasteiger partial charge in [-0.15, -0.1) is 0 Å². The average molecular weight is 329 g/mol. The summed E-state index contributed by atoms with van der Waals surface area (Å²) in [6, 6.07) is 7.63. The van der Waals surface area contributed by atoms with Crippen LogP contribution in [0.25, 0.3) is 0 Å². The van der Waals surface area contributed by atoms with E-state index in [0.717, 1.165) is 32.5 Å². The van der Waals surface area contributed by atoms with Gasteiger partial charge < -0.3 is 14.5 Å². The Bertz CT molecular complexity index is 657. The van der Waals surface area contributed by atoms with Crippen LogP contribution in [-0.4, -0.2) is 42.0 Å². The van der Waals surface area contributed by atoms with Gasteiger partial charge in [0.05, 0.1) is 0 Å². The topological polar surface area (TPSA) is 67.6 Å². The van der Waals surface area contributed by atoms with Gasteiger partial charge in [0.25, 0.3) is 5.91 Å². The van der Waals surface area contributed by atoms with Crippen molar-refractivity contribution in [1.29, 1.82) is 0 Å². The lowest BCUT2D eigenvalue weighted by Crippen LogP contribution is -2.47. The second-order valence-electron chi connectivity index (χ2n) is 6.11. The summed E-state index contributed by atoms with van der Waals surface area (Å²) in [6.45, 7) is 3.11. The predicted molar refractivity (Wildman–Crippen MR) is 89.4 cm³/mol. The normalized spacial score (nSPS) is 18.5. The number of amides is 1. The molecule has 0 aliphatic carbocycles. The lowest BCUT2D eigenvalue weighted by molar-refractivity contribution is 0.0865. The molecule has 1 N–H and O–H groups in total. The number of aromatic nitrogens is 1. The van der Waals surface area contributed by atoms with E-state index in [2.05, 4.69) is 21.3 Å². The van der Waals surface area contributed by atoms with Crippen molar-refractivity contribution >= 4 is 5.91 Å². The van der Waals surface area contributed by atoms with Crippen LogP contribution < -0.4 is 5.32 Å². The van der Waals surface area contributed by atoms with E-state index in [4.69, 9.17) is 9.15 Å². The van der Waals surface area contributed by atoms with Crippen LogP contribution in [0.15, 0.2) is 41.1 Å². The first kappa shape index (κ1) is 16.7. The molecule has 3 heterocycles. The number of hydrogen-bond donors (Lipinski definition) is 1. The summed E-state index contributed by atoms with van der Waals surface area (Å²) in [5.41, 5.74) is 1.19. The third-order valence-corrected chi connectivity index (χ3v) is 4.14. The molecule has 0 radical (unpaired) electrons. The fourth-order valence-corrected chi connectivity index (χ4v) is 3.04. The van der Waals surface area contributed by atoms with Crippen LogP contribution in [0.4, 0.5) is 0 Å². The third-order valence-electron chi connectivity index (χ3n) is 4.14. The van der Waals surface area contributed by atoms with Crippen molar-refractivity contribution in [3.8, 4) is 0 Å². The summed E-state index contributed by atoms with van der Waals surface area (Å²) in [5.74, 6) is 0.835. The molecule has 0 saturated carbocycles. The lowest BCUT2D eigenvalue weighted by atomic mass is 10.0. The molecular weight excluding hydrogens is 306 g/mol. The standard InChI is InChI=1S/C18H23N3O3/c1-23-13-16-6-7-17(24-16)18(22)20-15-5-3-9-21(12-15)11-14-4-2-8-19-10-14/h2,4,6-8,10,15H,3,5,9,11-13H2,1H3,(H,20,22)/t15-/m0/s1. The monoisotopic (exact) mass is 329 g/mol. The Morgan fingerprint density at radius 3 is 3.17 bits per heavy atom. The summed E-state index contributed by atoms with van der Waals surface area (Å²) in [5, 5.41) is 3.08. The Morgan fingerprint density at radius 1 is 1.46 bits per heavy atom. The first-order chi connectivity index (χ1) is 11.7. The maximum atomic E-state index is 12.3. The van der Waals surface area contributed by atoms with Gasteiger partial charge >= 0.3 is 0 Å². The van der Waals surface area contributed by atoms with Gasteiger partial charge in [-0.2, -0.15) is 0 Å². The Balaban J connectivity index is 1.53. The molecule has 1 aliphatic rings. The highest BCUT2D eigenvalue weighted by Crippen LogP contribution is 2.15. The largest absolute Gasteiger partial charge is 0.453 e. The fraction of sp³-hybridized carbons (Fsp3) is 0.444. The molecule has 0 spiro atoms. The van der Waals surface area contributed by atoms with E-state index in [-0.39, 0.29) is 11.9 Å². The van der Waals surface area contributed by atoms with Crippen LogP contribution in [0.1, 0.15) is 34.7 Å². The highest BCUT2D eigenvalue weighted by Gasteiger charge is 2.23. The maximum absolute atomic E-state index is 12.3. The molecule has 0 unspecified atom stereocenters. The predicted octanol–water partition coefficient (Wildman–Crippen LogP) is 2.22. The number of piperidine rings is 1. The molecule has 1 amide bonds. The van der Waals surface area contributed by atoms with Crippen LogP contribution in [-0.2, 0) is 17.9 Å². The molecule has 2 aromatic rings. The zero-order valence-electron chi connectivity index (χ0n) is 13.9. The molecule has 0 aromatic carbocycles. The Kier molecular flexibility index (Phi) is 5.61. The van der Waals surface area contributed by atoms with Gasteiger partial charge in [0.2, 0.25) is 0 Å². The zero-order valence-corrected chi connectivity index (χ0v) is 13.9.